The number of hydrogen-bond donors (Lipinski definition) is 1. The van der Waals surface area contributed by atoms with Crippen molar-refractivity contribution in [1.29, 1.82) is 5.26 Å². The van der Waals surface area contributed by atoms with Gasteiger partial charge in [0, 0.05) is 10.6 Å². The topological polar surface area (TPSA) is 64.3 Å². The van der Waals surface area contributed by atoms with Crippen molar-refractivity contribution in [3.05, 3.63) is 52.2 Å². The van der Waals surface area contributed by atoms with E-state index in [0.717, 1.165) is 4.88 Å². The number of hydrogen-bond acceptors (Lipinski definition) is 3. The Morgan fingerprint density at radius 2 is 2.06 bits per heavy atom. The third-order valence-corrected chi connectivity index (χ3v) is 3.29. The summed E-state index contributed by atoms with van der Waals surface area (Å²) in [5, 5.41) is 19.8. The molecule has 0 aliphatic rings. The third kappa shape index (κ3) is 2.67. The van der Waals surface area contributed by atoms with Crippen LogP contribution in [0.2, 0.25) is 0 Å². The molecule has 5 heteroatoms. The second-order valence-corrected chi connectivity index (χ2v) is 4.64. The highest BCUT2D eigenvalue weighted by atomic mass is 32.1. The zero-order valence-electron chi connectivity index (χ0n) is 9.41. The highest BCUT2D eigenvalue weighted by Gasteiger charge is 2.15. The molecule has 2 rings (SSSR count). The molecule has 1 heterocycles. The maximum atomic E-state index is 11.2. The predicted octanol–water partition coefficient (Wildman–Crippen LogP) is 3.30. The molecule has 0 spiro atoms. The van der Waals surface area contributed by atoms with Gasteiger partial charge in [-0.3, -0.25) is 4.90 Å². The normalized spacial score (nSPS) is 9.72. The molecule has 2 aromatic rings. The predicted molar refractivity (Wildman–Crippen MR) is 69.7 cm³/mol. The lowest BCUT2D eigenvalue weighted by Crippen LogP contribution is -2.28. The van der Waals surface area contributed by atoms with Gasteiger partial charge >= 0.3 is 6.09 Å². The van der Waals surface area contributed by atoms with E-state index in [-0.39, 0.29) is 0 Å². The zero-order chi connectivity index (χ0) is 13.0. The SMILES string of the molecule is N#Cc1ccc(N(Cc2cccs2)C(=O)O)cc1. The Kier molecular flexibility index (Phi) is 3.60. The van der Waals surface area contributed by atoms with Crippen LogP contribution < -0.4 is 4.90 Å². The van der Waals surface area contributed by atoms with E-state index in [0.29, 0.717) is 17.8 Å². The summed E-state index contributed by atoms with van der Waals surface area (Å²) in [5.74, 6) is 0. The first-order valence-corrected chi connectivity index (χ1v) is 6.11. The van der Waals surface area contributed by atoms with Crippen LogP contribution in [0.25, 0.3) is 0 Å². The molecule has 0 aliphatic carbocycles. The van der Waals surface area contributed by atoms with Gasteiger partial charge in [-0.1, -0.05) is 6.07 Å². The van der Waals surface area contributed by atoms with Crippen LogP contribution in [0.4, 0.5) is 10.5 Å². The first kappa shape index (κ1) is 12.1. The average Bonchev–Trinajstić information content (AvgIpc) is 2.89. The van der Waals surface area contributed by atoms with E-state index in [1.165, 1.54) is 16.2 Å². The highest BCUT2D eigenvalue weighted by molar-refractivity contribution is 7.09. The number of benzene rings is 1. The number of rotatable bonds is 3. The molecule has 1 N–H and O–H groups in total. The molecule has 0 bridgehead atoms. The fraction of sp³-hybridized carbons (Fsp3) is 0.0769. The van der Waals surface area contributed by atoms with E-state index in [4.69, 9.17) is 5.26 Å². The molecule has 0 atom stereocenters. The standard InChI is InChI=1S/C13H10N2O2S/c14-8-10-3-5-11(6-4-10)15(13(16)17)9-12-2-1-7-18-12/h1-7H,9H2,(H,16,17). The lowest BCUT2D eigenvalue weighted by atomic mass is 10.2. The number of carboxylic acid groups (broad SMARTS) is 1. The Hall–Kier alpha value is -2.32. The molecular weight excluding hydrogens is 248 g/mol. The molecule has 1 aromatic carbocycles. The van der Waals surface area contributed by atoms with Gasteiger partial charge in [-0.05, 0) is 35.7 Å². The van der Waals surface area contributed by atoms with Gasteiger partial charge in [0.2, 0.25) is 0 Å². The van der Waals surface area contributed by atoms with Gasteiger partial charge in [-0.25, -0.2) is 4.79 Å². The van der Waals surface area contributed by atoms with Crippen molar-refractivity contribution < 1.29 is 9.90 Å². The van der Waals surface area contributed by atoms with E-state index in [2.05, 4.69) is 0 Å². The summed E-state index contributed by atoms with van der Waals surface area (Å²) in [7, 11) is 0. The van der Waals surface area contributed by atoms with E-state index in [1.54, 1.807) is 24.3 Å². The highest BCUT2D eigenvalue weighted by Crippen LogP contribution is 2.20. The van der Waals surface area contributed by atoms with Crippen molar-refractivity contribution in [2.45, 2.75) is 6.54 Å². The monoisotopic (exact) mass is 258 g/mol. The molecule has 90 valence electrons. The van der Waals surface area contributed by atoms with Crippen molar-refractivity contribution in [2.24, 2.45) is 0 Å². The quantitative estimate of drug-likeness (QED) is 0.918. The second-order valence-electron chi connectivity index (χ2n) is 3.61. The summed E-state index contributed by atoms with van der Waals surface area (Å²) < 4.78 is 0. The van der Waals surface area contributed by atoms with Crippen LogP contribution >= 0.6 is 11.3 Å². The van der Waals surface area contributed by atoms with Crippen LogP contribution in [0, 0.1) is 11.3 Å². The van der Waals surface area contributed by atoms with Gasteiger partial charge in [0.1, 0.15) is 0 Å². The Balaban J connectivity index is 2.24. The van der Waals surface area contributed by atoms with E-state index >= 15 is 0 Å². The van der Waals surface area contributed by atoms with Crippen LogP contribution in [0.15, 0.2) is 41.8 Å². The summed E-state index contributed by atoms with van der Waals surface area (Å²) in [6.45, 7) is 0.318. The Morgan fingerprint density at radius 3 is 2.56 bits per heavy atom. The number of nitrogens with zero attached hydrogens (tertiary/aromatic N) is 2. The molecule has 1 aromatic heterocycles. The maximum Gasteiger partial charge on any atom is 0.412 e. The Bertz CT molecular complexity index is 570. The largest absolute Gasteiger partial charge is 0.465 e. The third-order valence-electron chi connectivity index (χ3n) is 2.43. The summed E-state index contributed by atoms with van der Waals surface area (Å²) >= 11 is 1.51. The number of anilines is 1. The van der Waals surface area contributed by atoms with Gasteiger partial charge in [-0.2, -0.15) is 5.26 Å². The van der Waals surface area contributed by atoms with Gasteiger partial charge < -0.3 is 5.11 Å². The van der Waals surface area contributed by atoms with Gasteiger partial charge in [0.25, 0.3) is 0 Å². The number of nitriles is 1. The summed E-state index contributed by atoms with van der Waals surface area (Å²) in [6.07, 6.45) is -1.01. The molecule has 18 heavy (non-hydrogen) atoms. The molecule has 0 saturated heterocycles. The number of carbonyl (C=O) groups is 1. The molecule has 1 amide bonds. The maximum absolute atomic E-state index is 11.2. The number of amides is 1. The lowest BCUT2D eigenvalue weighted by Gasteiger charge is -2.18. The minimum Gasteiger partial charge on any atom is -0.465 e. The van der Waals surface area contributed by atoms with Gasteiger partial charge in [0.05, 0.1) is 18.2 Å². The van der Waals surface area contributed by atoms with Crippen molar-refractivity contribution in [1.82, 2.24) is 0 Å². The van der Waals surface area contributed by atoms with Crippen molar-refractivity contribution in [3.63, 3.8) is 0 Å². The number of thiophene rings is 1. The Morgan fingerprint density at radius 1 is 1.33 bits per heavy atom. The summed E-state index contributed by atoms with van der Waals surface area (Å²) in [5.41, 5.74) is 1.08. The first-order chi connectivity index (χ1) is 8.70. The average molecular weight is 258 g/mol. The fourth-order valence-corrected chi connectivity index (χ4v) is 2.24. The van der Waals surface area contributed by atoms with Crippen molar-refractivity contribution in [3.8, 4) is 6.07 Å². The fourth-order valence-electron chi connectivity index (χ4n) is 1.54. The van der Waals surface area contributed by atoms with Crippen molar-refractivity contribution >= 4 is 23.1 Å². The molecular formula is C13H10N2O2S. The van der Waals surface area contributed by atoms with Crippen molar-refractivity contribution in [2.75, 3.05) is 4.90 Å². The van der Waals surface area contributed by atoms with Crippen LogP contribution in [0.5, 0.6) is 0 Å². The lowest BCUT2D eigenvalue weighted by molar-refractivity contribution is 0.201. The summed E-state index contributed by atoms with van der Waals surface area (Å²) in [4.78, 5) is 13.5. The van der Waals surface area contributed by atoms with E-state index in [9.17, 15) is 9.90 Å². The van der Waals surface area contributed by atoms with Crippen LogP contribution in [-0.2, 0) is 6.54 Å². The minimum atomic E-state index is -1.01. The summed E-state index contributed by atoms with van der Waals surface area (Å²) in [6, 6.07) is 12.3. The van der Waals surface area contributed by atoms with Crippen LogP contribution in [0.1, 0.15) is 10.4 Å². The van der Waals surface area contributed by atoms with E-state index < -0.39 is 6.09 Å². The Labute approximate surface area is 108 Å². The second kappa shape index (κ2) is 5.34. The molecule has 0 fully saturated rings. The molecule has 0 radical (unpaired) electrons. The van der Waals surface area contributed by atoms with Crippen LogP contribution in [0.3, 0.4) is 0 Å². The molecule has 0 saturated carbocycles. The molecule has 4 nitrogen and oxygen atoms in total. The minimum absolute atomic E-state index is 0.318. The first-order valence-electron chi connectivity index (χ1n) is 5.23. The van der Waals surface area contributed by atoms with E-state index in [1.807, 2.05) is 23.6 Å². The zero-order valence-corrected chi connectivity index (χ0v) is 10.2. The molecule has 0 unspecified atom stereocenters. The smallest absolute Gasteiger partial charge is 0.412 e. The molecule has 0 aliphatic heterocycles. The van der Waals surface area contributed by atoms with Crippen LogP contribution in [-0.4, -0.2) is 11.2 Å². The van der Waals surface area contributed by atoms with Gasteiger partial charge in [-0.15, -0.1) is 11.3 Å². The van der Waals surface area contributed by atoms with Gasteiger partial charge in [0.15, 0.2) is 0 Å².